The highest BCUT2D eigenvalue weighted by atomic mass is 32.1. The van der Waals surface area contributed by atoms with E-state index in [0.717, 1.165) is 45.9 Å². The number of fused-ring (bicyclic) bond motifs is 5. The van der Waals surface area contributed by atoms with Crippen LogP contribution in [0.4, 0.5) is 5.82 Å². The van der Waals surface area contributed by atoms with E-state index in [1.165, 1.54) is 54.2 Å². The first kappa shape index (κ1) is 18.5. The fourth-order valence-electron chi connectivity index (χ4n) is 4.40. The molecular formula is C24H26N4S. The van der Waals surface area contributed by atoms with Crippen LogP contribution in [-0.2, 0) is 12.8 Å². The van der Waals surface area contributed by atoms with Crippen LogP contribution in [0, 0.1) is 0 Å². The number of pyridine rings is 1. The smallest absolute Gasteiger partial charge is 0.147 e. The molecule has 0 bridgehead atoms. The fraction of sp³-hybridized carbons (Fsp3) is 0.375. The Balaban J connectivity index is 1.68. The summed E-state index contributed by atoms with van der Waals surface area (Å²) in [5.41, 5.74) is 6.33. The van der Waals surface area contributed by atoms with Gasteiger partial charge in [-0.15, -0.1) is 11.3 Å². The molecule has 1 aliphatic rings. The van der Waals surface area contributed by atoms with E-state index < -0.39 is 0 Å². The Labute approximate surface area is 175 Å². The largest absolute Gasteiger partial charge is 0.369 e. The average Bonchev–Trinajstić information content (AvgIpc) is 3.16. The predicted octanol–water partition coefficient (Wildman–Crippen LogP) is 6.39. The molecule has 0 aliphatic heterocycles. The lowest BCUT2D eigenvalue weighted by molar-refractivity contribution is 0.689. The number of benzene rings is 1. The normalized spacial score (nSPS) is 13.7. The van der Waals surface area contributed by atoms with Crippen molar-refractivity contribution in [2.24, 2.45) is 0 Å². The van der Waals surface area contributed by atoms with Gasteiger partial charge in [0, 0.05) is 17.5 Å². The maximum absolute atomic E-state index is 5.17. The Morgan fingerprint density at radius 3 is 2.66 bits per heavy atom. The number of aryl methyl sites for hydroxylation is 1. The molecule has 1 N–H and O–H groups in total. The minimum Gasteiger partial charge on any atom is -0.369 e. The fourth-order valence-corrected chi connectivity index (χ4v) is 5.53. The van der Waals surface area contributed by atoms with Crippen LogP contribution in [0.2, 0.25) is 0 Å². The third kappa shape index (κ3) is 3.38. The van der Waals surface area contributed by atoms with Crippen molar-refractivity contribution in [2.75, 3.05) is 11.9 Å². The van der Waals surface area contributed by atoms with Gasteiger partial charge in [-0.05, 0) is 43.2 Å². The van der Waals surface area contributed by atoms with E-state index in [4.69, 9.17) is 9.97 Å². The summed E-state index contributed by atoms with van der Waals surface area (Å²) in [5, 5.41) is 4.80. The lowest BCUT2D eigenvalue weighted by Crippen LogP contribution is -2.07. The predicted molar refractivity (Wildman–Crippen MR) is 123 cm³/mol. The summed E-state index contributed by atoms with van der Waals surface area (Å²) in [6, 6.07) is 10.6. The second-order valence-corrected chi connectivity index (χ2v) is 8.81. The van der Waals surface area contributed by atoms with Gasteiger partial charge >= 0.3 is 0 Å². The molecule has 0 saturated heterocycles. The van der Waals surface area contributed by atoms with Gasteiger partial charge in [0.25, 0.3) is 0 Å². The van der Waals surface area contributed by atoms with Gasteiger partial charge in [-0.2, -0.15) is 0 Å². The molecule has 0 saturated carbocycles. The van der Waals surface area contributed by atoms with Gasteiger partial charge in [0.15, 0.2) is 0 Å². The summed E-state index contributed by atoms with van der Waals surface area (Å²) < 4.78 is 1.14. The van der Waals surface area contributed by atoms with Gasteiger partial charge in [0.05, 0.1) is 15.9 Å². The Bertz CT molecular complexity index is 1150. The van der Waals surface area contributed by atoms with Gasteiger partial charge in [0.1, 0.15) is 17.0 Å². The summed E-state index contributed by atoms with van der Waals surface area (Å²) in [6.45, 7) is 3.18. The van der Waals surface area contributed by atoms with Crippen molar-refractivity contribution in [3.05, 3.63) is 47.8 Å². The number of nitrogens with one attached hydrogen (secondary N) is 1. The van der Waals surface area contributed by atoms with Crippen LogP contribution in [0.1, 0.15) is 50.2 Å². The number of aromatic nitrogens is 3. The molecule has 3 heterocycles. The molecule has 0 fully saturated rings. The first-order valence-corrected chi connectivity index (χ1v) is 11.6. The van der Waals surface area contributed by atoms with Crippen molar-refractivity contribution in [3.8, 4) is 11.3 Å². The van der Waals surface area contributed by atoms with E-state index in [-0.39, 0.29) is 0 Å². The number of nitrogens with zero attached hydrogens (tertiary/aromatic N) is 3. The zero-order valence-corrected chi connectivity index (χ0v) is 17.7. The molecule has 0 unspecified atom stereocenters. The van der Waals surface area contributed by atoms with Crippen LogP contribution >= 0.6 is 11.3 Å². The maximum Gasteiger partial charge on any atom is 0.147 e. The van der Waals surface area contributed by atoms with E-state index in [2.05, 4.69) is 47.6 Å². The summed E-state index contributed by atoms with van der Waals surface area (Å²) >= 11 is 1.74. The standard InChI is InChI=1S/C24H26N4S/c1-2-3-9-14-25-23-22-21(26-15-27-23)19-17-12-7-8-13-18(17)20(28-24(19)29-22)16-10-5-4-6-11-16/h4-6,10-11,15H,2-3,7-9,12-14H2,1H3,(H,25,26,27). The molecule has 1 aliphatic carbocycles. The first-order valence-electron chi connectivity index (χ1n) is 10.7. The molecule has 29 heavy (non-hydrogen) atoms. The van der Waals surface area contributed by atoms with Crippen molar-refractivity contribution < 1.29 is 0 Å². The van der Waals surface area contributed by atoms with Gasteiger partial charge in [-0.1, -0.05) is 50.1 Å². The number of thiophene rings is 1. The van der Waals surface area contributed by atoms with Crippen molar-refractivity contribution >= 4 is 37.6 Å². The first-order chi connectivity index (χ1) is 14.4. The number of unbranched alkanes of at least 4 members (excludes halogenated alkanes) is 2. The molecule has 148 valence electrons. The Hall–Kier alpha value is -2.53. The lowest BCUT2D eigenvalue weighted by atomic mass is 9.87. The third-order valence-corrected chi connectivity index (χ3v) is 6.92. The SMILES string of the molecule is CCCCCNc1ncnc2c1sc1nc(-c3ccccc3)c3c(c12)CCCC3. The molecular weight excluding hydrogens is 376 g/mol. The van der Waals surface area contributed by atoms with Crippen molar-refractivity contribution in [1.29, 1.82) is 0 Å². The van der Waals surface area contributed by atoms with E-state index in [1.807, 2.05) is 0 Å². The maximum atomic E-state index is 5.17. The summed E-state index contributed by atoms with van der Waals surface area (Å²) in [7, 11) is 0. The molecule has 0 atom stereocenters. The number of hydrogen-bond donors (Lipinski definition) is 1. The van der Waals surface area contributed by atoms with Crippen LogP contribution < -0.4 is 5.32 Å². The van der Waals surface area contributed by atoms with Crippen LogP contribution in [-0.4, -0.2) is 21.5 Å². The lowest BCUT2D eigenvalue weighted by Gasteiger charge is -2.20. The minimum atomic E-state index is 0.953. The molecule has 4 nitrogen and oxygen atoms in total. The third-order valence-electron chi connectivity index (χ3n) is 5.84. The average molecular weight is 403 g/mol. The van der Waals surface area contributed by atoms with Gasteiger partial charge in [-0.25, -0.2) is 15.0 Å². The van der Waals surface area contributed by atoms with E-state index in [1.54, 1.807) is 17.7 Å². The summed E-state index contributed by atoms with van der Waals surface area (Å²) in [6.07, 6.45) is 10.0. The highest BCUT2D eigenvalue weighted by Crippen LogP contribution is 2.42. The Morgan fingerprint density at radius 1 is 1.00 bits per heavy atom. The van der Waals surface area contributed by atoms with Crippen molar-refractivity contribution in [2.45, 2.75) is 51.9 Å². The van der Waals surface area contributed by atoms with Crippen LogP contribution in [0.25, 0.3) is 31.7 Å². The van der Waals surface area contributed by atoms with E-state index >= 15 is 0 Å². The van der Waals surface area contributed by atoms with Crippen molar-refractivity contribution in [1.82, 2.24) is 15.0 Å². The summed E-state index contributed by atoms with van der Waals surface area (Å²) in [4.78, 5) is 15.5. The monoisotopic (exact) mass is 402 g/mol. The van der Waals surface area contributed by atoms with Gasteiger partial charge in [0.2, 0.25) is 0 Å². The molecule has 5 rings (SSSR count). The molecule has 4 aromatic rings. The quantitative estimate of drug-likeness (QED) is 0.380. The molecule has 0 amide bonds. The van der Waals surface area contributed by atoms with Gasteiger partial charge < -0.3 is 5.32 Å². The minimum absolute atomic E-state index is 0.953. The van der Waals surface area contributed by atoms with Crippen LogP contribution in [0.5, 0.6) is 0 Å². The van der Waals surface area contributed by atoms with E-state index in [0.29, 0.717) is 0 Å². The topological polar surface area (TPSA) is 50.7 Å². The molecule has 0 radical (unpaired) electrons. The van der Waals surface area contributed by atoms with Crippen LogP contribution in [0.15, 0.2) is 36.7 Å². The number of hydrogen-bond acceptors (Lipinski definition) is 5. The number of anilines is 1. The molecule has 5 heteroatoms. The Kier molecular flexibility index (Phi) is 5.15. The van der Waals surface area contributed by atoms with Crippen LogP contribution in [0.3, 0.4) is 0 Å². The number of rotatable bonds is 6. The molecule has 3 aromatic heterocycles. The van der Waals surface area contributed by atoms with E-state index in [9.17, 15) is 0 Å². The highest BCUT2D eigenvalue weighted by Gasteiger charge is 2.23. The summed E-state index contributed by atoms with van der Waals surface area (Å²) in [5.74, 6) is 0.958. The molecule has 0 spiro atoms. The second kappa shape index (κ2) is 8.07. The van der Waals surface area contributed by atoms with Crippen molar-refractivity contribution in [3.63, 3.8) is 0 Å². The zero-order valence-electron chi connectivity index (χ0n) is 16.9. The second-order valence-electron chi connectivity index (χ2n) is 7.81. The van der Waals surface area contributed by atoms with Gasteiger partial charge in [-0.3, -0.25) is 0 Å². The highest BCUT2D eigenvalue weighted by molar-refractivity contribution is 7.26. The zero-order chi connectivity index (χ0) is 19.6. The molecule has 1 aromatic carbocycles. The Morgan fingerprint density at radius 2 is 1.83 bits per heavy atom.